The molecule has 1 aliphatic rings. The number of amides is 1. The Morgan fingerprint density at radius 3 is 2.77 bits per heavy atom. The third-order valence-electron chi connectivity index (χ3n) is 4.09. The van der Waals surface area contributed by atoms with Gasteiger partial charge in [-0.1, -0.05) is 11.6 Å². The normalized spacial score (nSPS) is 18.7. The highest BCUT2D eigenvalue weighted by molar-refractivity contribution is 9.11. The molecule has 3 rings (SSSR count). The summed E-state index contributed by atoms with van der Waals surface area (Å²) in [6, 6.07) is 7.19. The average molecular weight is 482 g/mol. The van der Waals surface area contributed by atoms with E-state index in [9.17, 15) is 17.6 Å². The summed E-state index contributed by atoms with van der Waals surface area (Å²) in [5.41, 5.74) is 0.0292. The summed E-state index contributed by atoms with van der Waals surface area (Å²) in [5.74, 6) is -1.58. The zero-order valence-corrected chi connectivity index (χ0v) is 17.4. The fourth-order valence-electron chi connectivity index (χ4n) is 2.76. The maximum Gasteiger partial charge on any atom is 0.252 e. The Hall–Kier alpha value is -1.000. The molecule has 2 aromatic rings. The van der Waals surface area contributed by atoms with Crippen molar-refractivity contribution >= 4 is 60.5 Å². The van der Waals surface area contributed by atoms with E-state index in [4.69, 9.17) is 11.6 Å². The third kappa shape index (κ3) is 4.28. The Kier molecular flexibility index (Phi) is 6.03. The molecule has 1 amide bonds. The predicted molar refractivity (Wildman–Crippen MR) is 104 cm³/mol. The monoisotopic (exact) mass is 480 g/mol. The summed E-state index contributed by atoms with van der Waals surface area (Å²) in [4.78, 5) is 12.5. The fourth-order valence-corrected chi connectivity index (χ4v) is 6.61. The van der Waals surface area contributed by atoms with Crippen molar-refractivity contribution in [2.75, 3.05) is 18.4 Å². The molecule has 1 aliphatic heterocycles. The average Bonchev–Trinajstić information content (AvgIpc) is 3.05. The Bertz CT molecular complexity index is 935. The Morgan fingerprint density at radius 2 is 2.12 bits per heavy atom. The molecule has 26 heavy (non-hydrogen) atoms. The molecule has 0 spiro atoms. The van der Waals surface area contributed by atoms with E-state index in [1.807, 2.05) is 0 Å². The van der Waals surface area contributed by atoms with Gasteiger partial charge in [-0.25, -0.2) is 12.8 Å². The van der Waals surface area contributed by atoms with Gasteiger partial charge in [0.2, 0.25) is 5.91 Å². The van der Waals surface area contributed by atoms with Crippen LogP contribution in [0.4, 0.5) is 10.1 Å². The van der Waals surface area contributed by atoms with Crippen LogP contribution in [0.5, 0.6) is 0 Å². The first kappa shape index (κ1) is 19.8. The van der Waals surface area contributed by atoms with Crippen LogP contribution >= 0.6 is 38.9 Å². The summed E-state index contributed by atoms with van der Waals surface area (Å²) < 4.78 is 41.6. The molecule has 1 aromatic heterocycles. The van der Waals surface area contributed by atoms with Gasteiger partial charge in [-0.2, -0.15) is 4.31 Å². The van der Waals surface area contributed by atoms with Gasteiger partial charge in [-0.3, -0.25) is 4.79 Å². The van der Waals surface area contributed by atoms with Crippen molar-refractivity contribution in [2.45, 2.75) is 17.1 Å². The number of halogens is 3. The number of nitrogens with one attached hydrogen (secondary N) is 1. The highest BCUT2D eigenvalue weighted by Crippen LogP contribution is 2.31. The molecule has 2 heterocycles. The number of anilines is 1. The molecule has 1 saturated heterocycles. The smallest absolute Gasteiger partial charge is 0.252 e. The number of rotatable bonds is 4. The van der Waals surface area contributed by atoms with Crippen molar-refractivity contribution in [1.82, 2.24) is 4.31 Å². The number of hydrogen-bond donors (Lipinski definition) is 1. The van der Waals surface area contributed by atoms with Crippen LogP contribution in [0.25, 0.3) is 0 Å². The van der Waals surface area contributed by atoms with Crippen molar-refractivity contribution in [2.24, 2.45) is 5.92 Å². The van der Waals surface area contributed by atoms with Crippen LogP contribution in [0.2, 0.25) is 5.02 Å². The van der Waals surface area contributed by atoms with Crippen LogP contribution in [0.15, 0.2) is 38.3 Å². The van der Waals surface area contributed by atoms with Gasteiger partial charge in [0.1, 0.15) is 10.0 Å². The standard InChI is InChI=1S/C16H15BrClFN2O3S2/c17-14-5-6-15(25-14)26(23,24)21-7-1-2-10(9-21)16(22)20-13-4-3-11(18)8-12(13)19/h3-6,8,10H,1-2,7,9H2,(H,20,22). The lowest BCUT2D eigenvalue weighted by Crippen LogP contribution is -2.43. The van der Waals surface area contributed by atoms with E-state index in [-0.39, 0.29) is 21.5 Å². The van der Waals surface area contributed by atoms with Gasteiger partial charge in [0.25, 0.3) is 10.0 Å². The van der Waals surface area contributed by atoms with Gasteiger partial charge < -0.3 is 5.32 Å². The van der Waals surface area contributed by atoms with Gasteiger partial charge in [0.15, 0.2) is 0 Å². The topological polar surface area (TPSA) is 66.5 Å². The van der Waals surface area contributed by atoms with Crippen LogP contribution in [0.1, 0.15) is 12.8 Å². The molecule has 0 saturated carbocycles. The Balaban J connectivity index is 1.72. The van der Waals surface area contributed by atoms with E-state index in [1.165, 1.54) is 22.5 Å². The molecule has 1 fully saturated rings. The summed E-state index contributed by atoms with van der Waals surface area (Å²) in [6.07, 6.45) is 1.11. The zero-order chi connectivity index (χ0) is 18.9. The molecule has 1 unspecified atom stereocenters. The third-order valence-corrected chi connectivity index (χ3v) is 8.28. The van der Waals surface area contributed by atoms with Gasteiger partial charge in [-0.05, 0) is 59.1 Å². The van der Waals surface area contributed by atoms with Crippen LogP contribution < -0.4 is 5.32 Å². The van der Waals surface area contributed by atoms with E-state index in [2.05, 4.69) is 21.2 Å². The first-order chi connectivity index (χ1) is 12.3. The summed E-state index contributed by atoms with van der Waals surface area (Å²) in [7, 11) is -3.64. The minimum absolute atomic E-state index is 0.0292. The number of carbonyl (C=O) groups excluding carboxylic acids is 1. The molecule has 0 radical (unpaired) electrons. The summed E-state index contributed by atoms with van der Waals surface area (Å²) in [5, 5.41) is 2.76. The number of carbonyl (C=O) groups is 1. The molecule has 1 aromatic carbocycles. The number of sulfonamides is 1. The molecule has 1 N–H and O–H groups in total. The lowest BCUT2D eigenvalue weighted by atomic mass is 9.98. The zero-order valence-electron chi connectivity index (χ0n) is 13.4. The number of hydrogen-bond acceptors (Lipinski definition) is 4. The van der Waals surface area contributed by atoms with Gasteiger partial charge in [0.05, 0.1) is 15.4 Å². The SMILES string of the molecule is O=C(Nc1ccc(Cl)cc1F)C1CCCN(S(=O)(=O)c2ccc(Br)s2)C1. The minimum Gasteiger partial charge on any atom is -0.323 e. The first-order valence-electron chi connectivity index (χ1n) is 7.79. The number of benzene rings is 1. The predicted octanol–water partition coefficient (Wildman–Crippen LogP) is 4.34. The molecule has 1 atom stereocenters. The van der Waals surface area contributed by atoms with E-state index in [0.717, 1.165) is 21.2 Å². The molecule has 10 heteroatoms. The molecule has 0 bridgehead atoms. The van der Waals surface area contributed by atoms with E-state index < -0.39 is 27.7 Å². The minimum atomic E-state index is -3.64. The van der Waals surface area contributed by atoms with Crippen molar-refractivity contribution in [1.29, 1.82) is 0 Å². The molecule has 0 aliphatic carbocycles. The van der Waals surface area contributed by atoms with Gasteiger partial charge in [-0.15, -0.1) is 11.3 Å². The van der Waals surface area contributed by atoms with Crippen molar-refractivity contribution in [3.05, 3.63) is 45.0 Å². The first-order valence-corrected chi connectivity index (χ1v) is 11.2. The van der Waals surface area contributed by atoms with Crippen LogP contribution in [0, 0.1) is 11.7 Å². The second-order valence-electron chi connectivity index (χ2n) is 5.87. The molecular formula is C16H15BrClFN2O3S2. The number of thiophene rings is 1. The molecule has 5 nitrogen and oxygen atoms in total. The lowest BCUT2D eigenvalue weighted by Gasteiger charge is -2.30. The molecule has 140 valence electrons. The second-order valence-corrected chi connectivity index (χ2v) is 10.9. The largest absolute Gasteiger partial charge is 0.323 e. The fraction of sp³-hybridized carbons (Fsp3) is 0.312. The van der Waals surface area contributed by atoms with Crippen molar-refractivity contribution < 1.29 is 17.6 Å². The van der Waals surface area contributed by atoms with Crippen LogP contribution in [-0.4, -0.2) is 31.7 Å². The maximum absolute atomic E-state index is 13.9. The summed E-state index contributed by atoms with van der Waals surface area (Å²) >= 11 is 10.1. The van der Waals surface area contributed by atoms with E-state index in [1.54, 1.807) is 6.07 Å². The van der Waals surface area contributed by atoms with Crippen LogP contribution in [-0.2, 0) is 14.8 Å². The Labute approximate surface area is 168 Å². The maximum atomic E-state index is 13.9. The number of piperidine rings is 1. The van der Waals surface area contributed by atoms with E-state index in [0.29, 0.717) is 19.4 Å². The van der Waals surface area contributed by atoms with Gasteiger partial charge in [0, 0.05) is 18.1 Å². The highest BCUT2D eigenvalue weighted by atomic mass is 79.9. The highest BCUT2D eigenvalue weighted by Gasteiger charge is 2.34. The van der Waals surface area contributed by atoms with Crippen LogP contribution in [0.3, 0.4) is 0 Å². The van der Waals surface area contributed by atoms with Crippen molar-refractivity contribution in [3.63, 3.8) is 0 Å². The quantitative estimate of drug-likeness (QED) is 0.706. The summed E-state index contributed by atoms with van der Waals surface area (Å²) in [6.45, 7) is 0.426. The second kappa shape index (κ2) is 7.93. The lowest BCUT2D eigenvalue weighted by molar-refractivity contribution is -0.120. The van der Waals surface area contributed by atoms with Crippen molar-refractivity contribution in [3.8, 4) is 0 Å². The molecular weight excluding hydrogens is 467 g/mol. The van der Waals surface area contributed by atoms with Gasteiger partial charge >= 0.3 is 0 Å². The Morgan fingerprint density at radius 1 is 1.35 bits per heavy atom. The van der Waals surface area contributed by atoms with E-state index >= 15 is 0 Å². The number of nitrogens with zero attached hydrogens (tertiary/aromatic N) is 1.